The van der Waals surface area contributed by atoms with Crippen molar-refractivity contribution in [3.8, 4) is 0 Å². The maximum Gasteiger partial charge on any atom is 0.308 e. The highest BCUT2D eigenvalue weighted by Gasteiger charge is 2.50. The van der Waals surface area contributed by atoms with Crippen LogP contribution in [0.5, 0.6) is 0 Å². The first-order valence-corrected chi connectivity index (χ1v) is 8.32. The number of hydrogen-bond acceptors (Lipinski definition) is 5. The van der Waals surface area contributed by atoms with Crippen LogP contribution in [0.4, 0.5) is 0 Å². The molecule has 0 bridgehead atoms. The van der Waals surface area contributed by atoms with Crippen molar-refractivity contribution in [1.82, 2.24) is 15.2 Å². The molecule has 24 heavy (non-hydrogen) atoms. The third-order valence-corrected chi connectivity index (χ3v) is 5.46. The van der Waals surface area contributed by atoms with Crippen molar-refractivity contribution in [2.24, 2.45) is 5.92 Å². The van der Waals surface area contributed by atoms with Crippen molar-refractivity contribution >= 4 is 22.9 Å². The summed E-state index contributed by atoms with van der Waals surface area (Å²) in [5, 5.41) is 16.9. The van der Waals surface area contributed by atoms with Crippen molar-refractivity contribution < 1.29 is 19.3 Å². The summed E-state index contributed by atoms with van der Waals surface area (Å²) in [5.74, 6) is -1.25. The third-order valence-electron chi connectivity index (χ3n) is 5.46. The van der Waals surface area contributed by atoms with E-state index in [1.165, 1.54) is 0 Å². The molecule has 7 nitrogen and oxygen atoms in total. The molecule has 2 aromatic rings. The third kappa shape index (κ3) is 2.44. The van der Waals surface area contributed by atoms with E-state index in [4.69, 9.17) is 0 Å². The van der Waals surface area contributed by atoms with Crippen LogP contribution in [0.1, 0.15) is 37.7 Å². The highest BCUT2D eigenvalue weighted by Crippen LogP contribution is 2.45. The molecule has 1 aliphatic carbocycles. The highest BCUT2D eigenvalue weighted by atomic mass is 16.6. The van der Waals surface area contributed by atoms with Gasteiger partial charge in [-0.25, -0.2) is 4.63 Å². The molecule has 1 N–H and O–H groups in total. The topological polar surface area (TPSA) is 96.5 Å². The Morgan fingerprint density at radius 1 is 1.25 bits per heavy atom. The van der Waals surface area contributed by atoms with E-state index < -0.39 is 11.9 Å². The molecular weight excluding hydrogens is 310 g/mol. The van der Waals surface area contributed by atoms with Crippen LogP contribution in [-0.2, 0) is 16.0 Å². The molecule has 2 aliphatic rings. The van der Waals surface area contributed by atoms with E-state index in [0.29, 0.717) is 24.0 Å². The maximum atomic E-state index is 12.9. The lowest BCUT2D eigenvalue weighted by Gasteiger charge is -2.35. The van der Waals surface area contributed by atoms with Crippen molar-refractivity contribution in [3.05, 3.63) is 23.8 Å². The fourth-order valence-corrected chi connectivity index (χ4v) is 4.29. The van der Waals surface area contributed by atoms with Gasteiger partial charge in [0.2, 0.25) is 5.91 Å². The summed E-state index contributed by atoms with van der Waals surface area (Å²) < 4.78 is 4.68. The van der Waals surface area contributed by atoms with Gasteiger partial charge in [-0.05, 0) is 47.3 Å². The normalized spacial score (nSPS) is 22.5. The molecular formula is C17H19N3O4. The van der Waals surface area contributed by atoms with Gasteiger partial charge in [-0.3, -0.25) is 9.59 Å². The van der Waals surface area contributed by atoms with E-state index in [9.17, 15) is 14.7 Å². The standard InChI is InChI=1S/C17H19N3O4/c21-15(8-11-3-4-13-14(7-11)19-24-18-13)20-10-12(16(22)23)9-17(20)5-1-2-6-17/h3-4,7,12H,1-2,5-6,8-10H2,(H,22,23). The molecule has 1 aromatic carbocycles. The minimum atomic E-state index is -0.799. The molecule has 1 aromatic heterocycles. The number of carboxylic acids is 1. The largest absolute Gasteiger partial charge is 0.481 e. The summed E-state index contributed by atoms with van der Waals surface area (Å²) in [6.07, 6.45) is 4.78. The number of hydrogen-bond donors (Lipinski definition) is 1. The van der Waals surface area contributed by atoms with Crippen LogP contribution in [0.2, 0.25) is 0 Å². The highest BCUT2D eigenvalue weighted by molar-refractivity contribution is 5.83. The average Bonchev–Trinajstić information content (AvgIpc) is 3.28. The van der Waals surface area contributed by atoms with E-state index in [2.05, 4.69) is 14.9 Å². The predicted molar refractivity (Wildman–Crippen MR) is 84.2 cm³/mol. The van der Waals surface area contributed by atoms with Crippen LogP contribution in [-0.4, -0.2) is 44.3 Å². The lowest BCUT2D eigenvalue weighted by atomic mass is 9.90. The molecule has 1 saturated heterocycles. The number of benzene rings is 1. The zero-order chi connectivity index (χ0) is 16.7. The molecule has 2 heterocycles. The van der Waals surface area contributed by atoms with Gasteiger partial charge < -0.3 is 10.0 Å². The Balaban J connectivity index is 1.56. The molecule has 1 aliphatic heterocycles. The fraction of sp³-hybridized carbons (Fsp3) is 0.529. The number of carboxylic acid groups (broad SMARTS) is 1. The Morgan fingerprint density at radius 3 is 2.75 bits per heavy atom. The smallest absolute Gasteiger partial charge is 0.308 e. The number of aromatic nitrogens is 2. The van der Waals surface area contributed by atoms with Gasteiger partial charge in [0.1, 0.15) is 11.0 Å². The summed E-state index contributed by atoms with van der Waals surface area (Å²) >= 11 is 0. The van der Waals surface area contributed by atoms with Crippen LogP contribution in [0.25, 0.3) is 11.0 Å². The molecule has 7 heteroatoms. The monoisotopic (exact) mass is 329 g/mol. The van der Waals surface area contributed by atoms with E-state index in [-0.39, 0.29) is 17.9 Å². The SMILES string of the molecule is O=C(O)C1CN(C(=O)Cc2ccc3nonc3c2)C2(CCCC2)C1. The molecule has 1 atom stereocenters. The minimum Gasteiger partial charge on any atom is -0.481 e. The number of nitrogens with zero attached hydrogens (tertiary/aromatic N) is 3. The van der Waals surface area contributed by atoms with Crippen LogP contribution < -0.4 is 0 Å². The number of aliphatic carboxylic acids is 1. The van der Waals surface area contributed by atoms with E-state index in [1.54, 1.807) is 12.1 Å². The Hall–Kier alpha value is -2.44. The number of fused-ring (bicyclic) bond motifs is 1. The van der Waals surface area contributed by atoms with E-state index >= 15 is 0 Å². The summed E-state index contributed by atoms with van der Waals surface area (Å²) in [5.41, 5.74) is 1.88. The van der Waals surface area contributed by atoms with Crippen molar-refractivity contribution in [3.63, 3.8) is 0 Å². The van der Waals surface area contributed by atoms with E-state index in [1.807, 2.05) is 11.0 Å². The summed E-state index contributed by atoms with van der Waals surface area (Å²) in [7, 11) is 0. The molecule has 0 radical (unpaired) electrons. The average molecular weight is 329 g/mol. The van der Waals surface area contributed by atoms with E-state index in [0.717, 1.165) is 31.2 Å². The van der Waals surface area contributed by atoms with Gasteiger partial charge in [-0.1, -0.05) is 18.9 Å². The van der Waals surface area contributed by atoms with Crippen LogP contribution in [0, 0.1) is 5.92 Å². The number of likely N-dealkylation sites (tertiary alicyclic amines) is 1. The zero-order valence-electron chi connectivity index (χ0n) is 13.3. The number of amides is 1. The van der Waals surface area contributed by atoms with Crippen molar-refractivity contribution in [1.29, 1.82) is 0 Å². The molecule has 1 saturated carbocycles. The molecule has 1 unspecified atom stereocenters. The quantitative estimate of drug-likeness (QED) is 0.925. The fourth-order valence-electron chi connectivity index (χ4n) is 4.29. The van der Waals surface area contributed by atoms with Crippen molar-refractivity contribution in [2.75, 3.05) is 6.54 Å². The Kier molecular flexibility index (Phi) is 3.51. The Labute approximate surface area is 138 Å². The van der Waals surface area contributed by atoms with Gasteiger partial charge in [0.15, 0.2) is 0 Å². The summed E-state index contributed by atoms with van der Waals surface area (Å²) in [6.45, 7) is 0.321. The Morgan fingerprint density at radius 2 is 2.00 bits per heavy atom. The van der Waals surface area contributed by atoms with Crippen molar-refractivity contribution in [2.45, 2.75) is 44.1 Å². The van der Waals surface area contributed by atoms with Gasteiger partial charge in [0.25, 0.3) is 0 Å². The molecule has 4 rings (SSSR count). The first kappa shape index (κ1) is 15.1. The lowest BCUT2D eigenvalue weighted by molar-refractivity contribution is -0.141. The second-order valence-corrected chi connectivity index (χ2v) is 6.94. The van der Waals surface area contributed by atoms with Gasteiger partial charge in [-0.2, -0.15) is 0 Å². The van der Waals surface area contributed by atoms with Gasteiger partial charge in [-0.15, -0.1) is 0 Å². The van der Waals surface area contributed by atoms with Crippen LogP contribution in [0.15, 0.2) is 22.8 Å². The van der Waals surface area contributed by atoms with Gasteiger partial charge >= 0.3 is 5.97 Å². The van der Waals surface area contributed by atoms with Crippen LogP contribution in [0.3, 0.4) is 0 Å². The predicted octanol–water partition coefficient (Wildman–Crippen LogP) is 2.01. The van der Waals surface area contributed by atoms with Gasteiger partial charge in [0.05, 0.1) is 12.3 Å². The molecule has 1 amide bonds. The second-order valence-electron chi connectivity index (χ2n) is 6.94. The van der Waals surface area contributed by atoms with Gasteiger partial charge in [0, 0.05) is 12.1 Å². The second kappa shape index (κ2) is 5.58. The molecule has 1 spiro atoms. The lowest BCUT2D eigenvalue weighted by Crippen LogP contribution is -2.46. The number of rotatable bonds is 3. The summed E-state index contributed by atoms with van der Waals surface area (Å²) in [6, 6.07) is 5.43. The number of carbonyl (C=O) groups excluding carboxylic acids is 1. The summed E-state index contributed by atoms with van der Waals surface area (Å²) in [4.78, 5) is 26.2. The first-order valence-electron chi connectivity index (χ1n) is 8.32. The Bertz CT molecular complexity index is 794. The molecule has 2 fully saturated rings. The minimum absolute atomic E-state index is 0.00328. The molecule has 126 valence electrons. The maximum absolute atomic E-state index is 12.9. The zero-order valence-corrected chi connectivity index (χ0v) is 13.3. The van der Waals surface area contributed by atoms with Crippen LogP contribution >= 0.6 is 0 Å². The number of carbonyl (C=O) groups is 2. The first-order chi connectivity index (χ1) is 11.6.